The van der Waals surface area contributed by atoms with Crippen LogP contribution in [0.25, 0.3) is 0 Å². The minimum atomic E-state index is -0.372. The maximum absolute atomic E-state index is 12.0. The molecule has 1 unspecified atom stereocenters. The molecule has 0 saturated carbocycles. The van der Waals surface area contributed by atoms with Gasteiger partial charge in [-0.15, -0.1) is 0 Å². The second-order valence-electron chi connectivity index (χ2n) is 5.24. The van der Waals surface area contributed by atoms with Crippen LogP contribution in [-0.4, -0.2) is 27.5 Å². The van der Waals surface area contributed by atoms with E-state index in [-0.39, 0.29) is 11.4 Å². The minimum Gasteiger partial charge on any atom is -0.344 e. The Hall–Kier alpha value is -1.36. The molecule has 1 rings (SSSR count). The maximum Gasteiger partial charge on any atom is 0.271 e. The lowest BCUT2D eigenvalue weighted by Gasteiger charge is -2.30. The Morgan fingerprint density at radius 3 is 2.71 bits per heavy atom. The average Bonchev–Trinajstić information content (AvgIpc) is 2.63. The number of nitrogens with zero attached hydrogens (tertiary/aromatic N) is 2. The number of aryl methyl sites for hydroxylation is 1. The van der Waals surface area contributed by atoms with Crippen LogP contribution in [0.3, 0.4) is 0 Å². The number of hydrogen-bond donors (Lipinski definition) is 2. The van der Waals surface area contributed by atoms with Crippen molar-refractivity contribution in [1.82, 2.24) is 14.9 Å². The van der Waals surface area contributed by atoms with E-state index in [1.54, 1.807) is 17.1 Å². The van der Waals surface area contributed by atoms with E-state index in [9.17, 15) is 4.79 Å². The lowest BCUT2D eigenvalue weighted by atomic mass is 9.90. The van der Waals surface area contributed by atoms with Gasteiger partial charge in [-0.05, 0) is 19.3 Å². The zero-order valence-corrected chi connectivity index (χ0v) is 11.0. The Morgan fingerprint density at radius 1 is 1.65 bits per heavy atom. The Bertz CT molecular complexity index is 386. The van der Waals surface area contributed by atoms with Crippen LogP contribution in [0.15, 0.2) is 12.5 Å². The van der Waals surface area contributed by atoms with Crippen molar-refractivity contribution in [2.75, 3.05) is 6.54 Å². The van der Waals surface area contributed by atoms with Crippen molar-refractivity contribution < 1.29 is 4.79 Å². The molecule has 1 amide bonds. The van der Waals surface area contributed by atoms with Crippen LogP contribution in [0.4, 0.5) is 0 Å². The molecule has 0 saturated heterocycles. The summed E-state index contributed by atoms with van der Waals surface area (Å²) in [5.74, 6) is 0.312. The molecule has 5 heteroatoms. The number of amides is 1. The smallest absolute Gasteiger partial charge is 0.271 e. The summed E-state index contributed by atoms with van der Waals surface area (Å²) in [6, 6.07) is 0. The zero-order chi connectivity index (χ0) is 13.1. The van der Waals surface area contributed by atoms with Gasteiger partial charge >= 0.3 is 0 Å². The molecule has 1 aromatic heterocycles. The van der Waals surface area contributed by atoms with Crippen molar-refractivity contribution in [3.8, 4) is 0 Å². The highest BCUT2D eigenvalue weighted by Gasteiger charge is 2.26. The molecule has 0 aromatic carbocycles. The van der Waals surface area contributed by atoms with Crippen LogP contribution in [0.2, 0.25) is 0 Å². The summed E-state index contributed by atoms with van der Waals surface area (Å²) >= 11 is 0. The first kappa shape index (κ1) is 13.7. The molecule has 1 atom stereocenters. The van der Waals surface area contributed by atoms with Crippen LogP contribution in [0.1, 0.15) is 37.7 Å². The predicted molar refractivity (Wildman–Crippen MR) is 67.6 cm³/mol. The molecular weight excluding hydrogens is 216 g/mol. The number of nitrogens with two attached hydrogens (primary N) is 1. The SMILES string of the molecule is CC(C)CC(C)(CN)NC(=O)c1cn(C)cn1. The number of carbonyl (C=O) groups is 1. The van der Waals surface area contributed by atoms with Crippen molar-refractivity contribution in [2.24, 2.45) is 18.7 Å². The predicted octanol–water partition coefficient (Wildman–Crippen LogP) is 0.913. The Morgan fingerprint density at radius 2 is 2.29 bits per heavy atom. The number of imidazole rings is 1. The summed E-state index contributed by atoms with van der Waals surface area (Å²) < 4.78 is 1.75. The molecule has 0 aliphatic rings. The molecule has 96 valence electrons. The minimum absolute atomic E-state index is 0.167. The molecule has 0 fully saturated rings. The highest BCUT2D eigenvalue weighted by Crippen LogP contribution is 2.15. The summed E-state index contributed by atoms with van der Waals surface area (Å²) in [6.07, 6.45) is 4.15. The lowest BCUT2D eigenvalue weighted by molar-refractivity contribution is 0.0893. The molecule has 0 spiro atoms. The number of aromatic nitrogens is 2. The van der Waals surface area contributed by atoms with Crippen LogP contribution in [0, 0.1) is 5.92 Å². The highest BCUT2D eigenvalue weighted by molar-refractivity contribution is 5.92. The van der Waals surface area contributed by atoms with Crippen molar-refractivity contribution in [3.63, 3.8) is 0 Å². The fourth-order valence-electron chi connectivity index (χ4n) is 1.95. The van der Waals surface area contributed by atoms with E-state index in [1.165, 1.54) is 0 Å². The average molecular weight is 238 g/mol. The first-order valence-electron chi connectivity index (χ1n) is 5.87. The maximum atomic E-state index is 12.0. The highest BCUT2D eigenvalue weighted by atomic mass is 16.2. The van der Waals surface area contributed by atoms with Gasteiger partial charge in [-0.3, -0.25) is 4.79 Å². The third-order valence-corrected chi connectivity index (χ3v) is 2.66. The second kappa shape index (κ2) is 5.31. The molecule has 0 aliphatic carbocycles. The van der Waals surface area contributed by atoms with E-state index in [0.29, 0.717) is 18.2 Å². The summed E-state index contributed by atoms with van der Waals surface area (Å²) in [7, 11) is 1.83. The molecule has 5 nitrogen and oxygen atoms in total. The van der Waals surface area contributed by atoms with Gasteiger partial charge in [0.1, 0.15) is 5.69 Å². The van der Waals surface area contributed by atoms with E-state index in [2.05, 4.69) is 24.1 Å². The second-order valence-corrected chi connectivity index (χ2v) is 5.24. The molecule has 17 heavy (non-hydrogen) atoms. The molecule has 0 radical (unpaired) electrons. The first-order chi connectivity index (χ1) is 7.86. The van der Waals surface area contributed by atoms with Gasteiger partial charge in [0.2, 0.25) is 0 Å². The van der Waals surface area contributed by atoms with Gasteiger partial charge in [-0.25, -0.2) is 4.98 Å². The quantitative estimate of drug-likeness (QED) is 0.801. The Kier molecular flexibility index (Phi) is 4.28. The van der Waals surface area contributed by atoms with Gasteiger partial charge in [-0.2, -0.15) is 0 Å². The number of carbonyl (C=O) groups excluding carboxylic acids is 1. The summed E-state index contributed by atoms with van der Waals surface area (Å²) in [5, 5.41) is 2.96. The van der Waals surface area contributed by atoms with E-state index >= 15 is 0 Å². The lowest BCUT2D eigenvalue weighted by Crippen LogP contribution is -2.52. The molecule has 0 bridgehead atoms. The van der Waals surface area contributed by atoms with Gasteiger partial charge in [0, 0.05) is 19.8 Å². The monoisotopic (exact) mass is 238 g/mol. The molecule has 3 N–H and O–H groups in total. The van der Waals surface area contributed by atoms with E-state index in [4.69, 9.17) is 5.73 Å². The topological polar surface area (TPSA) is 72.9 Å². The van der Waals surface area contributed by atoms with Gasteiger partial charge in [-0.1, -0.05) is 13.8 Å². The standard InChI is InChI=1S/C12H22N4O/c1-9(2)5-12(3,7-13)15-11(17)10-6-16(4)8-14-10/h6,8-9H,5,7,13H2,1-4H3,(H,15,17). The summed E-state index contributed by atoms with van der Waals surface area (Å²) in [5.41, 5.74) is 5.80. The van der Waals surface area contributed by atoms with E-state index in [1.807, 2.05) is 14.0 Å². The first-order valence-corrected chi connectivity index (χ1v) is 5.87. The van der Waals surface area contributed by atoms with Crippen LogP contribution in [0.5, 0.6) is 0 Å². The third kappa shape index (κ3) is 3.85. The zero-order valence-electron chi connectivity index (χ0n) is 11.0. The van der Waals surface area contributed by atoms with E-state index < -0.39 is 0 Å². The molecule has 1 aromatic rings. The van der Waals surface area contributed by atoms with Crippen LogP contribution >= 0.6 is 0 Å². The normalized spacial score (nSPS) is 14.7. The summed E-state index contributed by atoms with van der Waals surface area (Å²) in [6.45, 7) is 6.61. The number of rotatable bonds is 5. The van der Waals surface area contributed by atoms with Crippen molar-refractivity contribution in [2.45, 2.75) is 32.7 Å². The molecule has 0 aliphatic heterocycles. The van der Waals surface area contributed by atoms with Crippen molar-refractivity contribution in [1.29, 1.82) is 0 Å². The number of nitrogens with one attached hydrogen (secondary N) is 1. The fourth-order valence-corrected chi connectivity index (χ4v) is 1.95. The number of hydrogen-bond acceptors (Lipinski definition) is 3. The van der Waals surface area contributed by atoms with Gasteiger partial charge in [0.15, 0.2) is 0 Å². The van der Waals surface area contributed by atoms with Crippen LogP contribution in [-0.2, 0) is 7.05 Å². The third-order valence-electron chi connectivity index (χ3n) is 2.66. The largest absolute Gasteiger partial charge is 0.344 e. The van der Waals surface area contributed by atoms with Gasteiger partial charge in [0.05, 0.1) is 11.9 Å². The van der Waals surface area contributed by atoms with Crippen LogP contribution < -0.4 is 11.1 Å². The molecular formula is C12H22N4O. The van der Waals surface area contributed by atoms with E-state index in [0.717, 1.165) is 6.42 Å². The van der Waals surface area contributed by atoms with Crippen molar-refractivity contribution >= 4 is 5.91 Å². The summed E-state index contributed by atoms with van der Waals surface area (Å²) in [4.78, 5) is 16.0. The van der Waals surface area contributed by atoms with Gasteiger partial charge < -0.3 is 15.6 Å². The van der Waals surface area contributed by atoms with Crippen molar-refractivity contribution in [3.05, 3.63) is 18.2 Å². The van der Waals surface area contributed by atoms with Gasteiger partial charge in [0.25, 0.3) is 5.91 Å². The fraction of sp³-hybridized carbons (Fsp3) is 0.667. The Labute approximate surface area is 102 Å². The molecule has 1 heterocycles. The Balaban J connectivity index is 2.71.